The van der Waals surface area contributed by atoms with E-state index < -0.39 is 17.9 Å². The van der Waals surface area contributed by atoms with Crippen LogP contribution in [0.15, 0.2) is 0 Å². The smallest absolute Gasteiger partial charge is 0.318 e. The zero-order chi connectivity index (χ0) is 13.5. The van der Waals surface area contributed by atoms with Gasteiger partial charge in [0, 0.05) is 19.5 Å². The van der Waals surface area contributed by atoms with Gasteiger partial charge in [0.25, 0.3) is 0 Å². The summed E-state index contributed by atoms with van der Waals surface area (Å²) < 4.78 is 0. The molecule has 0 aromatic carbocycles. The number of carbonyl (C=O) groups excluding carboxylic acids is 2. The molecule has 0 bridgehead atoms. The van der Waals surface area contributed by atoms with E-state index in [0.29, 0.717) is 32.4 Å². The molecular weight excluding hydrogens is 238 g/mol. The minimum atomic E-state index is -0.838. The van der Waals surface area contributed by atoms with Gasteiger partial charge in [0.05, 0.1) is 0 Å². The number of hydrogen-bond donors (Lipinski definition) is 3. The van der Waals surface area contributed by atoms with Crippen molar-refractivity contribution in [1.82, 2.24) is 10.2 Å². The standard InChI is InChI=1S/C11H19N3O4/c12-10(17)8-4-3-7-14(8)11(18)13-6-2-1-5-9(15)16/h8H,1-7H2,(H2,12,17)(H,13,18)(H,15,16). The number of unbranched alkanes of at least 4 members (excludes halogenated alkanes) is 1. The van der Waals surface area contributed by atoms with Crippen LogP contribution in [0.1, 0.15) is 32.1 Å². The van der Waals surface area contributed by atoms with Crippen LogP contribution < -0.4 is 11.1 Å². The largest absolute Gasteiger partial charge is 0.481 e. The number of aliphatic carboxylic acids is 1. The Bertz CT molecular complexity index is 332. The summed E-state index contributed by atoms with van der Waals surface area (Å²) in [5, 5.41) is 11.1. The summed E-state index contributed by atoms with van der Waals surface area (Å²) in [4.78, 5) is 34.6. The molecule has 18 heavy (non-hydrogen) atoms. The molecule has 1 saturated heterocycles. The molecule has 1 unspecified atom stereocenters. The van der Waals surface area contributed by atoms with Crippen LogP contribution in [-0.4, -0.2) is 47.0 Å². The Balaban J connectivity index is 2.24. The van der Waals surface area contributed by atoms with Crippen LogP contribution >= 0.6 is 0 Å². The van der Waals surface area contributed by atoms with Gasteiger partial charge in [0.2, 0.25) is 5.91 Å². The molecule has 0 aromatic rings. The summed E-state index contributed by atoms with van der Waals surface area (Å²) in [6.45, 7) is 0.947. The fraction of sp³-hybridized carbons (Fsp3) is 0.727. The van der Waals surface area contributed by atoms with Gasteiger partial charge in [-0.3, -0.25) is 9.59 Å². The Hall–Kier alpha value is -1.79. The third-order valence-electron chi connectivity index (χ3n) is 2.94. The van der Waals surface area contributed by atoms with E-state index >= 15 is 0 Å². The predicted molar refractivity (Wildman–Crippen MR) is 63.8 cm³/mol. The van der Waals surface area contributed by atoms with E-state index in [-0.39, 0.29) is 12.5 Å². The fourth-order valence-electron chi connectivity index (χ4n) is 2.00. The van der Waals surface area contributed by atoms with Crippen LogP contribution in [0.3, 0.4) is 0 Å². The third-order valence-corrected chi connectivity index (χ3v) is 2.94. The Labute approximate surface area is 105 Å². The van der Waals surface area contributed by atoms with Crippen molar-refractivity contribution in [3.8, 4) is 0 Å². The van der Waals surface area contributed by atoms with Gasteiger partial charge in [0.15, 0.2) is 0 Å². The second-order valence-electron chi connectivity index (χ2n) is 4.34. The van der Waals surface area contributed by atoms with Gasteiger partial charge in [0.1, 0.15) is 6.04 Å². The van der Waals surface area contributed by atoms with Gasteiger partial charge in [-0.1, -0.05) is 0 Å². The molecule has 0 radical (unpaired) electrons. The number of nitrogens with two attached hydrogens (primary N) is 1. The predicted octanol–water partition coefficient (Wildman–Crippen LogP) is -0.0994. The van der Waals surface area contributed by atoms with Crippen LogP contribution in [0.2, 0.25) is 0 Å². The Morgan fingerprint density at radius 2 is 2.06 bits per heavy atom. The molecular formula is C11H19N3O4. The molecule has 7 heteroatoms. The SMILES string of the molecule is NC(=O)C1CCCN1C(=O)NCCCCC(=O)O. The van der Waals surface area contributed by atoms with E-state index in [2.05, 4.69) is 5.32 Å². The highest BCUT2D eigenvalue weighted by atomic mass is 16.4. The number of amides is 3. The fourth-order valence-corrected chi connectivity index (χ4v) is 2.00. The maximum absolute atomic E-state index is 11.7. The lowest BCUT2D eigenvalue weighted by Crippen LogP contribution is -2.48. The average molecular weight is 257 g/mol. The number of likely N-dealkylation sites (tertiary alicyclic amines) is 1. The lowest BCUT2D eigenvalue weighted by Gasteiger charge is -2.22. The molecule has 1 fully saturated rings. The van der Waals surface area contributed by atoms with Crippen LogP contribution in [0.5, 0.6) is 0 Å². The topological polar surface area (TPSA) is 113 Å². The lowest BCUT2D eigenvalue weighted by molar-refractivity contribution is -0.137. The van der Waals surface area contributed by atoms with E-state index in [9.17, 15) is 14.4 Å². The van der Waals surface area contributed by atoms with Crippen molar-refractivity contribution in [3.63, 3.8) is 0 Å². The number of nitrogens with one attached hydrogen (secondary N) is 1. The molecule has 7 nitrogen and oxygen atoms in total. The summed E-state index contributed by atoms with van der Waals surface area (Å²) in [7, 11) is 0. The number of carboxylic acid groups (broad SMARTS) is 1. The third kappa shape index (κ3) is 4.23. The van der Waals surface area contributed by atoms with E-state index in [0.717, 1.165) is 6.42 Å². The molecule has 1 atom stereocenters. The van der Waals surface area contributed by atoms with Crippen LogP contribution in [0.25, 0.3) is 0 Å². The molecule has 1 heterocycles. The summed E-state index contributed by atoms with van der Waals surface area (Å²) in [5.74, 6) is -1.32. The number of carbonyl (C=O) groups is 3. The number of hydrogen-bond acceptors (Lipinski definition) is 3. The molecule has 0 aromatic heterocycles. The number of carboxylic acids is 1. The Kier molecular flexibility index (Phi) is 5.41. The van der Waals surface area contributed by atoms with Crippen molar-refractivity contribution in [2.75, 3.05) is 13.1 Å². The van der Waals surface area contributed by atoms with E-state index in [1.54, 1.807) is 0 Å². The summed E-state index contributed by atoms with van der Waals surface area (Å²) in [6, 6.07) is -0.810. The Morgan fingerprint density at radius 1 is 1.33 bits per heavy atom. The summed E-state index contributed by atoms with van der Waals surface area (Å²) in [6.07, 6.45) is 2.62. The summed E-state index contributed by atoms with van der Waals surface area (Å²) in [5.41, 5.74) is 5.21. The molecule has 0 saturated carbocycles. The zero-order valence-corrected chi connectivity index (χ0v) is 10.2. The summed E-state index contributed by atoms with van der Waals surface area (Å²) >= 11 is 0. The first-order valence-electron chi connectivity index (χ1n) is 6.08. The average Bonchev–Trinajstić information content (AvgIpc) is 2.76. The van der Waals surface area contributed by atoms with E-state index in [4.69, 9.17) is 10.8 Å². The Morgan fingerprint density at radius 3 is 2.67 bits per heavy atom. The van der Waals surface area contributed by atoms with Gasteiger partial charge in [-0.25, -0.2) is 4.79 Å². The molecule has 1 rings (SSSR count). The number of nitrogens with zero attached hydrogens (tertiary/aromatic N) is 1. The highest BCUT2D eigenvalue weighted by Crippen LogP contribution is 2.16. The molecule has 0 aliphatic carbocycles. The van der Waals surface area contributed by atoms with Gasteiger partial charge < -0.3 is 21.1 Å². The first-order valence-corrected chi connectivity index (χ1v) is 6.08. The van der Waals surface area contributed by atoms with Crippen LogP contribution in [0, 0.1) is 0 Å². The van der Waals surface area contributed by atoms with Crippen molar-refractivity contribution in [1.29, 1.82) is 0 Å². The highest BCUT2D eigenvalue weighted by Gasteiger charge is 2.32. The van der Waals surface area contributed by atoms with Gasteiger partial charge in [-0.2, -0.15) is 0 Å². The quantitative estimate of drug-likeness (QED) is 0.577. The van der Waals surface area contributed by atoms with Gasteiger partial charge in [-0.05, 0) is 25.7 Å². The van der Waals surface area contributed by atoms with Crippen molar-refractivity contribution in [2.24, 2.45) is 5.73 Å². The van der Waals surface area contributed by atoms with Crippen LogP contribution in [0.4, 0.5) is 4.79 Å². The van der Waals surface area contributed by atoms with Crippen LogP contribution in [-0.2, 0) is 9.59 Å². The number of primary amides is 1. The normalized spacial score (nSPS) is 18.7. The molecule has 0 spiro atoms. The zero-order valence-electron chi connectivity index (χ0n) is 10.2. The monoisotopic (exact) mass is 257 g/mol. The van der Waals surface area contributed by atoms with Crippen molar-refractivity contribution < 1.29 is 19.5 Å². The second kappa shape index (κ2) is 6.83. The van der Waals surface area contributed by atoms with Gasteiger partial charge >= 0.3 is 12.0 Å². The maximum Gasteiger partial charge on any atom is 0.318 e. The maximum atomic E-state index is 11.7. The molecule has 4 N–H and O–H groups in total. The molecule has 1 aliphatic heterocycles. The van der Waals surface area contributed by atoms with E-state index in [1.807, 2.05) is 0 Å². The highest BCUT2D eigenvalue weighted by molar-refractivity contribution is 5.86. The number of urea groups is 1. The molecule has 1 aliphatic rings. The second-order valence-corrected chi connectivity index (χ2v) is 4.34. The van der Waals surface area contributed by atoms with E-state index in [1.165, 1.54) is 4.90 Å². The minimum Gasteiger partial charge on any atom is -0.481 e. The van der Waals surface area contributed by atoms with Gasteiger partial charge in [-0.15, -0.1) is 0 Å². The van der Waals surface area contributed by atoms with Crippen molar-refractivity contribution in [2.45, 2.75) is 38.1 Å². The first-order chi connectivity index (χ1) is 8.52. The minimum absolute atomic E-state index is 0.101. The lowest BCUT2D eigenvalue weighted by atomic mass is 10.2. The van der Waals surface area contributed by atoms with Crippen molar-refractivity contribution in [3.05, 3.63) is 0 Å². The molecule has 3 amide bonds. The first kappa shape index (κ1) is 14.3. The number of rotatable bonds is 6. The van der Waals surface area contributed by atoms with Crippen molar-refractivity contribution >= 4 is 17.9 Å². The molecule has 102 valence electrons.